The van der Waals surface area contributed by atoms with Crippen LogP contribution in [-0.4, -0.2) is 53.2 Å². The molecule has 0 aliphatic carbocycles. The summed E-state index contributed by atoms with van der Waals surface area (Å²) in [5, 5.41) is 3.31. The van der Waals surface area contributed by atoms with Crippen LogP contribution in [0.1, 0.15) is 38.1 Å². The number of ether oxygens (including phenoxy) is 1. The van der Waals surface area contributed by atoms with Gasteiger partial charge in [-0.05, 0) is 39.8 Å². The van der Waals surface area contributed by atoms with Gasteiger partial charge in [0, 0.05) is 36.9 Å². The van der Waals surface area contributed by atoms with Gasteiger partial charge in [-0.15, -0.1) is 0 Å². The highest BCUT2D eigenvalue weighted by Crippen LogP contribution is 2.20. The average molecular weight is 326 g/mol. The van der Waals surface area contributed by atoms with E-state index < -0.39 is 0 Å². The predicted molar refractivity (Wildman–Crippen MR) is 87.2 cm³/mol. The summed E-state index contributed by atoms with van der Waals surface area (Å²) in [4.78, 5) is 18.5. The Morgan fingerprint density at radius 3 is 2.68 bits per heavy atom. The maximum atomic E-state index is 12.2. The fraction of sp³-hybridized carbons (Fsp3) is 0.625. The molecule has 6 heteroatoms. The second-order valence-corrected chi connectivity index (χ2v) is 6.91. The molecule has 0 spiro atoms. The van der Waals surface area contributed by atoms with Crippen LogP contribution >= 0.6 is 11.6 Å². The van der Waals surface area contributed by atoms with E-state index in [0.717, 1.165) is 13.1 Å². The maximum absolute atomic E-state index is 12.2. The lowest BCUT2D eigenvalue weighted by Crippen LogP contribution is -2.58. The van der Waals surface area contributed by atoms with Gasteiger partial charge in [0.1, 0.15) is 5.15 Å². The summed E-state index contributed by atoms with van der Waals surface area (Å²) in [7, 11) is 0. The maximum Gasteiger partial charge on any atom is 0.251 e. The highest BCUT2D eigenvalue weighted by atomic mass is 35.5. The first kappa shape index (κ1) is 17.2. The lowest BCUT2D eigenvalue weighted by Gasteiger charge is -2.45. The highest BCUT2D eigenvalue weighted by Gasteiger charge is 2.33. The molecule has 1 aliphatic rings. The molecule has 22 heavy (non-hydrogen) atoms. The highest BCUT2D eigenvalue weighted by molar-refractivity contribution is 6.29. The van der Waals surface area contributed by atoms with Crippen LogP contribution in [0.3, 0.4) is 0 Å². The van der Waals surface area contributed by atoms with E-state index in [2.05, 4.69) is 42.9 Å². The molecule has 0 unspecified atom stereocenters. The van der Waals surface area contributed by atoms with Gasteiger partial charge in [0.25, 0.3) is 5.91 Å². The van der Waals surface area contributed by atoms with Gasteiger partial charge in [-0.2, -0.15) is 0 Å². The van der Waals surface area contributed by atoms with Crippen molar-refractivity contribution in [1.82, 2.24) is 15.2 Å². The van der Waals surface area contributed by atoms with Crippen LogP contribution < -0.4 is 5.32 Å². The van der Waals surface area contributed by atoms with E-state index in [9.17, 15) is 4.79 Å². The molecule has 1 fully saturated rings. The standard InChI is InChI=1S/C16H24ClN3O2/c1-11-8-20(9-12(2)22-11)16(3,4)10-19-15(21)13-5-6-18-14(17)7-13/h5-7,11-12H,8-10H2,1-4H3,(H,19,21)/t11-,12-/m0/s1. The van der Waals surface area contributed by atoms with Crippen molar-refractivity contribution in [2.75, 3.05) is 19.6 Å². The molecule has 2 rings (SSSR count). The molecule has 1 N–H and O–H groups in total. The molecule has 1 saturated heterocycles. The first-order valence-corrected chi connectivity index (χ1v) is 7.96. The lowest BCUT2D eigenvalue weighted by atomic mass is 10.00. The van der Waals surface area contributed by atoms with Crippen molar-refractivity contribution in [3.8, 4) is 0 Å². The molecule has 1 aromatic heterocycles. The van der Waals surface area contributed by atoms with Crippen LogP contribution in [0.15, 0.2) is 18.3 Å². The Bertz CT molecular complexity index is 526. The summed E-state index contributed by atoms with van der Waals surface area (Å²) >= 11 is 5.82. The zero-order valence-corrected chi connectivity index (χ0v) is 14.4. The normalized spacial score (nSPS) is 23.3. The summed E-state index contributed by atoms with van der Waals surface area (Å²) in [6.07, 6.45) is 1.95. The van der Waals surface area contributed by atoms with Crippen molar-refractivity contribution in [3.63, 3.8) is 0 Å². The molecule has 2 heterocycles. The molecule has 1 aromatic rings. The van der Waals surface area contributed by atoms with Crippen LogP contribution in [0.2, 0.25) is 5.15 Å². The largest absolute Gasteiger partial charge is 0.373 e. The van der Waals surface area contributed by atoms with Crippen molar-refractivity contribution >= 4 is 17.5 Å². The number of aromatic nitrogens is 1. The first-order valence-electron chi connectivity index (χ1n) is 7.58. The monoisotopic (exact) mass is 325 g/mol. The number of nitrogens with zero attached hydrogens (tertiary/aromatic N) is 2. The second-order valence-electron chi connectivity index (χ2n) is 6.52. The number of halogens is 1. The fourth-order valence-electron chi connectivity index (χ4n) is 2.73. The Hall–Kier alpha value is -1.17. The van der Waals surface area contributed by atoms with E-state index in [0.29, 0.717) is 17.3 Å². The Kier molecular flexibility index (Phi) is 5.42. The molecule has 0 radical (unpaired) electrons. The molecular formula is C16H24ClN3O2. The number of pyridine rings is 1. The van der Waals surface area contributed by atoms with Gasteiger partial charge >= 0.3 is 0 Å². The van der Waals surface area contributed by atoms with E-state index in [1.54, 1.807) is 12.1 Å². The quantitative estimate of drug-likeness (QED) is 0.863. The fourth-order valence-corrected chi connectivity index (χ4v) is 2.90. The van der Waals surface area contributed by atoms with Gasteiger partial charge in [-0.25, -0.2) is 4.98 Å². The van der Waals surface area contributed by atoms with E-state index in [4.69, 9.17) is 16.3 Å². The van der Waals surface area contributed by atoms with Crippen LogP contribution in [0.25, 0.3) is 0 Å². The van der Waals surface area contributed by atoms with Crippen molar-refractivity contribution < 1.29 is 9.53 Å². The summed E-state index contributed by atoms with van der Waals surface area (Å²) < 4.78 is 5.77. The molecule has 5 nitrogen and oxygen atoms in total. The SMILES string of the molecule is C[C@H]1CN(C(C)(C)CNC(=O)c2ccnc(Cl)c2)C[C@H](C)O1. The van der Waals surface area contributed by atoms with Crippen molar-refractivity contribution in [1.29, 1.82) is 0 Å². The number of carbonyl (C=O) groups excluding carboxylic acids is 1. The smallest absolute Gasteiger partial charge is 0.251 e. The Balaban J connectivity index is 1.95. The molecule has 0 saturated carbocycles. The molecular weight excluding hydrogens is 302 g/mol. The van der Waals surface area contributed by atoms with Crippen molar-refractivity contribution in [3.05, 3.63) is 29.0 Å². The van der Waals surface area contributed by atoms with E-state index in [-0.39, 0.29) is 23.7 Å². The summed E-state index contributed by atoms with van der Waals surface area (Å²) in [5.74, 6) is -0.133. The Morgan fingerprint density at radius 1 is 1.45 bits per heavy atom. The van der Waals surface area contributed by atoms with Crippen LogP contribution in [0.4, 0.5) is 0 Å². The van der Waals surface area contributed by atoms with Gasteiger partial charge in [0.2, 0.25) is 0 Å². The second kappa shape index (κ2) is 6.94. The molecule has 0 aromatic carbocycles. The first-order chi connectivity index (χ1) is 10.3. The molecule has 1 aliphatic heterocycles. The summed E-state index contributed by atoms with van der Waals surface area (Å²) in [5.41, 5.74) is 0.387. The van der Waals surface area contributed by atoms with Gasteiger partial charge in [-0.3, -0.25) is 9.69 Å². The van der Waals surface area contributed by atoms with Crippen LogP contribution in [0.5, 0.6) is 0 Å². The van der Waals surface area contributed by atoms with Crippen molar-refractivity contribution in [2.45, 2.75) is 45.4 Å². The van der Waals surface area contributed by atoms with Gasteiger partial charge < -0.3 is 10.1 Å². The van der Waals surface area contributed by atoms with Crippen molar-refractivity contribution in [2.24, 2.45) is 0 Å². The molecule has 1 amide bonds. The molecule has 2 atom stereocenters. The Labute approximate surface area is 137 Å². The number of nitrogens with one attached hydrogen (secondary N) is 1. The number of carbonyl (C=O) groups is 1. The Morgan fingerprint density at radius 2 is 2.09 bits per heavy atom. The minimum Gasteiger partial charge on any atom is -0.373 e. The van der Waals surface area contributed by atoms with Gasteiger partial charge in [0.05, 0.1) is 12.2 Å². The topological polar surface area (TPSA) is 54.5 Å². The number of morpholine rings is 1. The number of amides is 1. The van der Waals surface area contributed by atoms with E-state index in [1.807, 2.05) is 0 Å². The summed E-state index contributed by atoms with van der Waals surface area (Å²) in [6, 6.07) is 3.23. The third-order valence-electron chi connectivity index (χ3n) is 3.95. The minimum absolute atomic E-state index is 0.133. The number of hydrogen-bond donors (Lipinski definition) is 1. The third kappa shape index (κ3) is 4.41. The van der Waals surface area contributed by atoms with Gasteiger partial charge in [0.15, 0.2) is 0 Å². The third-order valence-corrected chi connectivity index (χ3v) is 4.15. The van der Waals surface area contributed by atoms with E-state index in [1.165, 1.54) is 6.20 Å². The molecule has 122 valence electrons. The minimum atomic E-state index is -0.140. The zero-order valence-electron chi connectivity index (χ0n) is 13.6. The predicted octanol–water partition coefficient (Wildman–Crippen LogP) is 2.35. The van der Waals surface area contributed by atoms with Gasteiger partial charge in [-0.1, -0.05) is 11.6 Å². The lowest BCUT2D eigenvalue weighted by molar-refractivity contribution is -0.0948. The van der Waals surface area contributed by atoms with E-state index >= 15 is 0 Å². The van der Waals surface area contributed by atoms with Crippen LogP contribution in [-0.2, 0) is 4.74 Å². The number of rotatable bonds is 4. The zero-order chi connectivity index (χ0) is 16.3. The summed E-state index contributed by atoms with van der Waals surface area (Å²) in [6.45, 7) is 10.7. The number of hydrogen-bond acceptors (Lipinski definition) is 4. The van der Waals surface area contributed by atoms with Crippen LogP contribution in [0, 0.1) is 0 Å². The molecule has 0 bridgehead atoms. The average Bonchev–Trinajstić information content (AvgIpc) is 2.44.